The van der Waals surface area contributed by atoms with Crippen LogP contribution in [-0.4, -0.2) is 30.0 Å². The van der Waals surface area contributed by atoms with Crippen molar-refractivity contribution in [3.63, 3.8) is 0 Å². The molecular weight excluding hydrogens is 226 g/mol. The molecule has 18 heavy (non-hydrogen) atoms. The van der Waals surface area contributed by atoms with Crippen LogP contribution in [0.3, 0.4) is 0 Å². The Morgan fingerprint density at radius 1 is 1.28 bits per heavy atom. The lowest BCUT2D eigenvalue weighted by Crippen LogP contribution is -2.11. The number of nitrogens with zero attached hydrogens (tertiary/aromatic N) is 2. The van der Waals surface area contributed by atoms with Gasteiger partial charge in [0, 0.05) is 18.5 Å². The average molecular weight is 243 g/mol. The highest BCUT2D eigenvalue weighted by atomic mass is 16.5. The van der Waals surface area contributed by atoms with E-state index in [2.05, 4.69) is 21.6 Å². The van der Waals surface area contributed by atoms with Crippen molar-refractivity contribution in [2.75, 3.05) is 25.1 Å². The van der Waals surface area contributed by atoms with E-state index in [1.807, 2.05) is 18.2 Å². The lowest BCUT2D eigenvalue weighted by molar-refractivity contribution is 0.134. The van der Waals surface area contributed by atoms with Crippen LogP contribution >= 0.6 is 0 Å². The minimum absolute atomic E-state index is 0.743. The second kappa shape index (κ2) is 5.31. The van der Waals surface area contributed by atoms with Crippen molar-refractivity contribution in [2.24, 2.45) is 5.92 Å². The zero-order valence-corrected chi connectivity index (χ0v) is 10.3. The molecule has 1 heterocycles. The normalized spacial score (nSPS) is 14.9. The monoisotopic (exact) mass is 243 g/mol. The van der Waals surface area contributed by atoms with Gasteiger partial charge in [-0.05, 0) is 24.8 Å². The summed E-state index contributed by atoms with van der Waals surface area (Å²) < 4.78 is 5.59. The summed E-state index contributed by atoms with van der Waals surface area (Å²) in [6.07, 6.45) is 4.45. The molecule has 0 radical (unpaired) electrons. The zero-order valence-electron chi connectivity index (χ0n) is 10.3. The van der Waals surface area contributed by atoms with Crippen LogP contribution in [0.4, 0.5) is 5.69 Å². The minimum atomic E-state index is 0.743. The summed E-state index contributed by atoms with van der Waals surface area (Å²) in [6, 6.07) is 8.01. The van der Waals surface area contributed by atoms with Gasteiger partial charge >= 0.3 is 0 Å². The van der Waals surface area contributed by atoms with Crippen LogP contribution in [-0.2, 0) is 4.74 Å². The van der Waals surface area contributed by atoms with E-state index in [1.165, 1.54) is 12.8 Å². The summed E-state index contributed by atoms with van der Waals surface area (Å²) in [4.78, 5) is 0. The molecule has 2 aromatic rings. The summed E-state index contributed by atoms with van der Waals surface area (Å²) in [7, 11) is 0. The van der Waals surface area contributed by atoms with E-state index >= 15 is 0 Å². The molecule has 0 bridgehead atoms. The predicted molar refractivity (Wildman–Crippen MR) is 71.6 cm³/mol. The maximum Gasteiger partial charge on any atom is 0.0950 e. The fourth-order valence-electron chi connectivity index (χ4n) is 1.94. The molecule has 0 aliphatic heterocycles. The fraction of sp³-hybridized carbons (Fsp3) is 0.429. The molecule has 1 fully saturated rings. The van der Waals surface area contributed by atoms with Crippen LogP contribution in [0.5, 0.6) is 0 Å². The van der Waals surface area contributed by atoms with Crippen molar-refractivity contribution in [2.45, 2.75) is 12.8 Å². The lowest BCUT2D eigenvalue weighted by Gasteiger charge is -2.08. The molecular formula is C14H17N3O. The molecule has 1 aliphatic rings. The van der Waals surface area contributed by atoms with E-state index in [-0.39, 0.29) is 0 Å². The number of hydrogen-bond acceptors (Lipinski definition) is 4. The molecule has 4 heteroatoms. The third-order valence-electron chi connectivity index (χ3n) is 3.16. The predicted octanol–water partition coefficient (Wildman–Crippen LogP) is 2.47. The van der Waals surface area contributed by atoms with E-state index < -0.39 is 0 Å². The van der Waals surface area contributed by atoms with Crippen LogP contribution in [0.15, 0.2) is 30.5 Å². The molecule has 0 spiro atoms. The van der Waals surface area contributed by atoms with Gasteiger partial charge in [0.2, 0.25) is 0 Å². The number of hydrogen-bond donors (Lipinski definition) is 1. The number of ether oxygens (including phenoxy) is 1. The summed E-state index contributed by atoms with van der Waals surface area (Å²) in [5, 5.41) is 12.6. The quantitative estimate of drug-likeness (QED) is 0.792. The Kier molecular flexibility index (Phi) is 3.37. The first-order chi connectivity index (χ1) is 8.93. The Bertz CT molecular complexity index is 520. The minimum Gasteiger partial charge on any atom is -0.381 e. The second-order valence-electron chi connectivity index (χ2n) is 4.72. The second-order valence-corrected chi connectivity index (χ2v) is 4.72. The van der Waals surface area contributed by atoms with Gasteiger partial charge in [-0.2, -0.15) is 10.2 Å². The average Bonchev–Trinajstić information content (AvgIpc) is 3.23. The van der Waals surface area contributed by atoms with Crippen molar-refractivity contribution in [3.05, 3.63) is 30.5 Å². The molecule has 0 amide bonds. The third-order valence-corrected chi connectivity index (χ3v) is 3.16. The fourth-order valence-corrected chi connectivity index (χ4v) is 1.94. The highest BCUT2D eigenvalue weighted by Crippen LogP contribution is 2.28. The van der Waals surface area contributed by atoms with Gasteiger partial charge in [0.15, 0.2) is 0 Å². The number of rotatable bonds is 6. The molecule has 1 aromatic carbocycles. The maximum atomic E-state index is 5.59. The standard InChI is InChI=1S/C14H17N3O/c1-2-4-13-12(3-1)14(9-16-17-13)15-7-8-18-10-11-5-6-11/h1-4,9,11H,5-8,10H2,(H,15,17). The van der Waals surface area contributed by atoms with Crippen molar-refractivity contribution >= 4 is 16.6 Å². The van der Waals surface area contributed by atoms with Gasteiger partial charge in [-0.1, -0.05) is 18.2 Å². The number of aromatic nitrogens is 2. The Labute approximate surface area is 106 Å². The van der Waals surface area contributed by atoms with E-state index in [9.17, 15) is 0 Å². The SMILES string of the molecule is c1ccc2c(NCCOCC3CC3)cnnc2c1. The summed E-state index contributed by atoms with van der Waals surface area (Å²) in [5.41, 5.74) is 1.94. The van der Waals surface area contributed by atoms with Crippen LogP contribution < -0.4 is 5.32 Å². The zero-order chi connectivity index (χ0) is 12.2. The van der Waals surface area contributed by atoms with Crippen molar-refractivity contribution in [1.29, 1.82) is 0 Å². The lowest BCUT2D eigenvalue weighted by atomic mass is 10.2. The number of benzene rings is 1. The van der Waals surface area contributed by atoms with E-state index in [0.717, 1.165) is 42.3 Å². The van der Waals surface area contributed by atoms with Crippen molar-refractivity contribution in [1.82, 2.24) is 10.2 Å². The molecule has 94 valence electrons. The van der Waals surface area contributed by atoms with Gasteiger partial charge in [0.1, 0.15) is 0 Å². The Hall–Kier alpha value is -1.68. The first-order valence-corrected chi connectivity index (χ1v) is 6.45. The van der Waals surface area contributed by atoms with Gasteiger partial charge in [0.05, 0.1) is 24.0 Å². The van der Waals surface area contributed by atoms with Gasteiger partial charge in [0.25, 0.3) is 0 Å². The Morgan fingerprint density at radius 2 is 2.17 bits per heavy atom. The molecule has 1 aromatic heterocycles. The first-order valence-electron chi connectivity index (χ1n) is 6.45. The van der Waals surface area contributed by atoms with E-state index in [0.29, 0.717) is 0 Å². The number of anilines is 1. The molecule has 3 rings (SSSR count). The Balaban J connectivity index is 1.56. The van der Waals surface area contributed by atoms with Crippen LogP contribution in [0.25, 0.3) is 10.9 Å². The van der Waals surface area contributed by atoms with Crippen LogP contribution in [0.1, 0.15) is 12.8 Å². The molecule has 1 saturated carbocycles. The molecule has 1 aliphatic carbocycles. The van der Waals surface area contributed by atoms with Crippen molar-refractivity contribution in [3.8, 4) is 0 Å². The first kappa shape index (κ1) is 11.4. The highest BCUT2D eigenvalue weighted by molar-refractivity contribution is 5.90. The third kappa shape index (κ3) is 2.76. The molecule has 0 saturated heterocycles. The van der Waals surface area contributed by atoms with Crippen molar-refractivity contribution < 1.29 is 4.74 Å². The number of nitrogens with one attached hydrogen (secondary N) is 1. The smallest absolute Gasteiger partial charge is 0.0950 e. The van der Waals surface area contributed by atoms with Gasteiger partial charge in [-0.3, -0.25) is 0 Å². The summed E-state index contributed by atoms with van der Waals surface area (Å²) >= 11 is 0. The maximum absolute atomic E-state index is 5.59. The highest BCUT2D eigenvalue weighted by Gasteiger charge is 2.20. The van der Waals surface area contributed by atoms with E-state index in [4.69, 9.17) is 4.74 Å². The van der Waals surface area contributed by atoms with Crippen LogP contribution in [0, 0.1) is 5.92 Å². The van der Waals surface area contributed by atoms with Gasteiger partial charge in [-0.15, -0.1) is 0 Å². The summed E-state index contributed by atoms with van der Waals surface area (Å²) in [5.74, 6) is 0.827. The largest absolute Gasteiger partial charge is 0.381 e. The molecule has 0 atom stereocenters. The molecule has 0 unspecified atom stereocenters. The molecule has 1 N–H and O–H groups in total. The number of fused-ring (bicyclic) bond motifs is 1. The van der Waals surface area contributed by atoms with E-state index in [1.54, 1.807) is 6.20 Å². The topological polar surface area (TPSA) is 47.0 Å². The molecule has 4 nitrogen and oxygen atoms in total. The summed E-state index contributed by atoms with van der Waals surface area (Å²) in [6.45, 7) is 2.46. The Morgan fingerprint density at radius 3 is 3.06 bits per heavy atom. The van der Waals surface area contributed by atoms with Gasteiger partial charge < -0.3 is 10.1 Å². The van der Waals surface area contributed by atoms with Crippen LogP contribution in [0.2, 0.25) is 0 Å². The van der Waals surface area contributed by atoms with Gasteiger partial charge in [-0.25, -0.2) is 0 Å².